The van der Waals surface area contributed by atoms with Crippen LogP contribution in [0.15, 0.2) is 21.9 Å². The maximum absolute atomic E-state index is 12.1. The van der Waals surface area contributed by atoms with Gasteiger partial charge in [0.2, 0.25) is 0 Å². The third-order valence-corrected chi connectivity index (χ3v) is 3.61. The fraction of sp³-hybridized carbons (Fsp3) is 0.667. The first-order chi connectivity index (χ1) is 9.92. The highest BCUT2D eigenvalue weighted by atomic mass is 16.6. The first kappa shape index (κ1) is 15.9. The molecule has 9 heteroatoms. The Kier molecular flexibility index (Phi) is 4.59. The maximum atomic E-state index is 12.1. The van der Waals surface area contributed by atoms with Crippen molar-refractivity contribution >= 4 is 0 Å². The molecule has 1 aliphatic heterocycles. The van der Waals surface area contributed by atoms with Crippen LogP contribution in [-0.4, -0.2) is 62.6 Å². The van der Waals surface area contributed by atoms with Crippen LogP contribution in [-0.2, 0) is 16.5 Å². The van der Waals surface area contributed by atoms with Crippen LogP contribution in [0.5, 0.6) is 0 Å². The topological polar surface area (TPSA) is 123 Å². The molecule has 1 aromatic rings. The van der Waals surface area contributed by atoms with E-state index >= 15 is 0 Å². The van der Waals surface area contributed by atoms with E-state index in [1.54, 1.807) is 0 Å². The number of aromatic nitrogens is 2. The van der Waals surface area contributed by atoms with Crippen LogP contribution in [0.4, 0.5) is 0 Å². The van der Waals surface area contributed by atoms with Gasteiger partial charge in [-0.25, -0.2) is 4.79 Å². The number of aliphatic hydroxyl groups is 3. The van der Waals surface area contributed by atoms with Gasteiger partial charge in [0.05, 0.1) is 6.61 Å². The highest BCUT2D eigenvalue weighted by molar-refractivity contribution is 4.95. The average molecular weight is 302 g/mol. The van der Waals surface area contributed by atoms with Crippen LogP contribution >= 0.6 is 0 Å². The van der Waals surface area contributed by atoms with Crippen molar-refractivity contribution < 1.29 is 24.8 Å². The third-order valence-electron chi connectivity index (χ3n) is 3.61. The van der Waals surface area contributed by atoms with Crippen molar-refractivity contribution in [2.24, 2.45) is 7.05 Å². The first-order valence-corrected chi connectivity index (χ1v) is 6.35. The van der Waals surface area contributed by atoms with Gasteiger partial charge in [0, 0.05) is 26.4 Å². The Morgan fingerprint density at radius 2 is 2.00 bits per heavy atom. The molecule has 1 aliphatic rings. The van der Waals surface area contributed by atoms with Gasteiger partial charge in [-0.1, -0.05) is 0 Å². The Labute approximate surface area is 119 Å². The summed E-state index contributed by atoms with van der Waals surface area (Å²) >= 11 is 0. The molecule has 21 heavy (non-hydrogen) atoms. The maximum Gasteiger partial charge on any atom is 0.332 e. The molecule has 0 aliphatic carbocycles. The highest BCUT2D eigenvalue weighted by Crippen LogP contribution is 2.28. The molecule has 1 aromatic heterocycles. The lowest BCUT2D eigenvalue weighted by molar-refractivity contribution is -0.258. The largest absolute Gasteiger partial charge is 0.394 e. The molecular weight excluding hydrogens is 284 g/mol. The second-order valence-corrected chi connectivity index (χ2v) is 4.83. The van der Waals surface area contributed by atoms with E-state index in [4.69, 9.17) is 9.47 Å². The lowest BCUT2D eigenvalue weighted by Gasteiger charge is -2.42. The van der Waals surface area contributed by atoms with E-state index in [0.29, 0.717) is 0 Å². The molecule has 1 fully saturated rings. The van der Waals surface area contributed by atoms with Gasteiger partial charge in [-0.3, -0.25) is 13.9 Å². The lowest BCUT2D eigenvalue weighted by atomic mass is 9.98. The minimum absolute atomic E-state index is 0.486. The average Bonchev–Trinajstić information content (AvgIpc) is 2.48. The molecule has 1 saturated heterocycles. The summed E-state index contributed by atoms with van der Waals surface area (Å²) in [4.78, 5) is 23.5. The predicted octanol–water partition coefficient (Wildman–Crippen LogP) is -2.83. The molecule has 0 spiro atoms. The second kappa shape index (κ2) is 6.08. The molecule has 0 saturated carbocycles. The lowest BCUT2D eigenvalue weighted by Crippen LogP contribution is -2.58. The summed E-state index contributed by atoms with van der Waals surface area (Å²) in [5.41, 5.74) is -1.14. The molecule has 118 valence electrons. The molecule has 9 nitrogen and oxygen atoms in total. The number of hydrogen-bond acceptors (Lipinski definition) is 7. The van der Waals surface area contributed by atoms with Gasteiger partial charge in [0.1, 0.15) is 24.4 Å². The van der Waals surface area contributed by atoms with Gasteiger partial charge >= 0.3 is 5.69 Å². The van der Waals surface area contributed by atoms with Gasteiger partial charge in [-0.05, 0) is 0 Å². The number of hydrogen-bond donors (Lipinski definition) is 3. The van der Waals surface area contributed by atoms with Crippen molar-refractivity contribution in [3.8, 4) is 0 Å². The minimum Gasteiger partial charge on any atom is -0.394 e. The normalized spacial score (nSPS) is 33.1. The molecular formula is C12H18N2O7. The molecule has 0 amide bonds. The van der Waals surface area contributed by atoms with E-state index in [0.717, 1.165) is 9.13 Å². The van der Waals surface area contributed by atoms with E-state index in [-0.39, 0.29) is 0 Å². The second-order valence-electron chi connectivity index (χ2n) is 4.83. The molecule has 3 N–H and O–H groups in total. The van der Waals surface area contributed by atoms with Gasteiger partial charge < -0.3 is 24.8 Å². The van der Waals surface area contributed by atoms with Crippen LogP contribution in [0, 0.1) is 0 Å². The Balaban J connectivity index is 2.48. The van der Waals surface area contributed by atoms with Crippen molar-refractivity contribution in [2.45, 2.75) is 30.6 Å². The summed E-state index contributed by atoms with van der Waals surface area (Å²) in [5, 5.41) is 29.0. The zero-order valence-electron chi connectivity index (χ0n) is 11.6. The van der Waals surface area contributed by atoms with E-state index in [1.807, 2.05) is 0 Å². The summed E-state index contributed by atoms with van der Waals surface area (Å²) in [6, 6.07) is 1.17. The molecule has 5 atom stereocenters. The van der Waals surface area contributed by atoms with E-state index in [2.05, 4.69) is 0 Å². The van der Waals surface area contributed by atoms with Crippen molar-refractivity contribution in [1.82, 2.24) is 9.13 Å². The summed E-state index contributed by atoms with van der Waals surface area (Å²) in [5.74, 6) is 0. The summed E-state index contributed by atoms with van der Waals surface area (Å²) in [6.45, 7) is -0.536. The smallest absolute Gasteiger partial charge is 0.332 e. The first-order valence-electron chi connectivity index (χ1n) is 6.35. The molecule has 0 radical (unpaired) electrons. The zero-order valence-corrected chi connectivity index (χ0v) is 11.6. The fourth-order valence-electron chi connectivity index (χ4n) is 2.33. The van der Waals surface area contributed by atoms with Gasteiger partial charge in [-0.15, -0.1) is 0 Å². The quantitative estimate of drug-likeness (QED) is 0.550. The number of ether oxygens (including phenoxy) is 2. The third kappa shape index (κ3) is 2.65. The molecule has 0 aromatic carbocycles. The van der Waals surface area contributed by atoms with Crippen molar-refractivity contribution in [3.63, 3.8) is 0 Å². The zero-order chi connectivity index (χ0) is 15.7. The van der Waals surface area contributed by atoms with Crippen LogP contribution in [0.3, 0.4) is 0 Å². The van der Waals surface area contributed by atoms with Crippen LogP contribution in [0.25, 0.3) is 0 Å². The molecule has 0 unspecified atom stereocenters. The Morgan fingerprint density at radius 3 is 2.57 bits per heavy atom. The number of rotatable bonds is 3. The van der Waals surface area contributed by atoms with Crippen LogP contribution in [0.2, 0.25) is 0 Å². The number of nitrogens with zero attached hydrogens (tertiary/aromatic N) is 2. The van der Waals surface area contributed by atoms with Crippen molar-refractivity contribution in [3.05, 3.63) is 33.1 Å². The highest BCUT2D eigenvalue weighted by Gasteiger charge is 2.45. The molecule has 2 rings (SSSR count). The van der Waals surface area contributed by atoms with Gasteiger partial charge in [0.25, 0.3) is 5.56 Å². The molecule has 2 heterocycles. The Morgan fingerprint density at radius 1 is 1.33 bits per heavy atom. The summed E-state index contributed by atoms with van der Waals surface area (Å²) < 4.78 is 12.5. The van der Waals surface area contributed by atoms with Crippen LogP contribution < -0.4 is 11.2 Å². The minimum atomic E-state index is -1.35. The van der Waals surface area contributed by atoms with Crippen molar-refractivity contribution in [1.29, 1.82) is 0 Å². The monoisotopic (exact) mass is 302 g/mol. The van der Waals surface area contributed by atoms with Crippen LogP contribution in [0.1, 0.15) is 6.23 Å². The van der Waals surface area contributed by atoms with E-state index in [9.17, 15) is 24.9 Å². The summed E-state index contributed by atoms with van der Waals surface area (Å²) in [7, 11) is 2.60. The van der Waals surface area contributed by atoms with E-state index in [1.165, 1.54) is 26.4 Å². The summed E-state index contributed by atoms with van der Waals surface area (Å²) in [6.07, 6.45) is -4.65. The van der Waals surface area contributed by atoms with Gasteiger partial charge in [0.15, 0.2) is 6.23 Å². The SMILES string of the molecule is CO[C@@H]1[C@@H](O)[C@H](O)[C@@H](CO)O[C@H]1n1ccc(=O)n(C)c1=O. The Hall–Kier alpha value is -1.52. The molecule has 0 bridgehead atoms. The Bertz CT molecular complexity index is 610. The predicted molar refractivity (Wildman–Crippen MR) is 69.7 cm³/mol. The number of aliphatic hydroxyl groups excluding tert-OH is 3. The number of methoxy groups -OCH3 is 1. The van der Waals surface area contributed by atoms with Crippen molar-refractivity contribution in [2.75, 3.05) is 13.7 Å². The standard InChI is InChI=1S/C12H18N2O7/c1-13-7(16)3-4-14(12(13)19)11-10(20-2)9(18)8(17)6(5-15)21-11/h3-4,6,8-11,15,17-18H,5H2,1-2H3/t6-,8-,9+,10-,11-/m1/s1. The van der Waals surface area contributed by atoms with Gasteiger partial charge in [-0.2, -0.15) is 0 Å². The van der Waals surface area contributed by atoms with E-state index < -0.39 is 48.5 Å². The fourth-order valence-corrected chi connectivity index (χ4v) is 2.33.